The molecule has 0 atom stereocenters. The maximum Gasteiger partial charge on any atom is 0.144 e. The van der Waals surface area contributed by atoms with Gasteiger partial charge in [0.05, 0.1) is 5.56 Å². The summed E-state index contributed by atoms with van der Waals surface area (Å²) in [5.74, 6) is 0.811. The van der Waals surface area contributed by atoms with Crippen molar-refractivity contribution >= 4 is 5.82 Å². The first-order chi connectivity index (χ1) is 10.3. The van der Waals surface area contributed by atoms with E-state index in [1.165, 1.54) is 36.9 Å². The second kappa shape index (κ2) is 6.44. The van der Waals surface area contributed by atoms with Gasteiger partial charge in [0.15, 0.2) is 0 Å². The van der Waals surface area contributed by atoms with E-state index in [2.05, 4.69) is 22.8 Å². The van der Waals surface area contributed by atoms with Gasteiger partial charge in [-0.25, -0.2) is 4.98 Å². The van der Waals surface area contributed by atoms with Gasteiger partial charge in [-0.3, -0.25) is 0 Å². The minimum Gasteiger partial charge on any atom is -0.366 e. The second-order valence-corrected chi connectivity index (χ2v) is 6.29. The van der Waals surface area contributed by atoms with E-state index in [9.17, 15) is 5.26 Å². The molecule has 1 saturated carbocycles. The van der Waals surface area contributed by atoms with Crippen LogP contribution in [0.5, 0.6) is 0 Å². The average Bonchev–Trinajstić information content (AvgIpc) is 2.55. The lowest BCUT2D eigenvalue weighted by Gasteiger charge is -2.29. The summed E-state index contributed by atoms with van der Waals surface area (Å²) in [5, 5.41) is 16.3. The lowest BCUT2D eigenvalue weighted by molar-refractivity contribution is 0.371. The molecule has 2 N–H and O–H groups in total. The van der Waals surface area contributed by atoms with Crippen molar-refractivity contribution in [3.05, 3.63) is 22.9 Å². The highest BCUT2D eigenvalue weighted by Crippen LogP contribution is 2.27. The molecule has 0 aromatic carbocycles. The molecule has 4 nitrogen and oxygen atoms in total. The SMILES string of the molecule is CNC1CCC(Nc2nc3c(cc2C#N)CCCC3)CC1. The molecule has 2 aliphatic rings. The van der Waals surface area contributed by atoms with Crippen molar-refractivity contribution in [1.29, 1.82) is 5.26 Å². The third-order valence-electron chi connectivity index (χ3n) is 4.90. The Labute approximate surface area is 127 Å². The molecule has 21 heavy (non-hydrogen) atoms. The predicted octanol–water partition coefficient (Wildman–Crippen LogP) is 2.77. The molecule has 4 heteroatoms. The number of hydrogen-bond acceptors (Lipinski definition) is 4. The van der Waals surface area contributed by atoms with Crippen molar-refractivity contribution in [2.45, 2.75) is 63.5 Å². The first-order valence-corrected chi connectivity index (χ1v) is 8.17. The summed E-state index contributed by atoms with van der Waals surface area (Å²) >= 11 is 0. The molecule has 1 fully saturated rings. The zero-order chi connectivity index (χ0) is 14.7. The molecule has 2 aliphatic carbocycles. The number of anilines is 1. The molecule has 1 aromatic heterocycles. The van der Waals surface area contributed by atoms with E-state index in [1.807, 2.05) is 7.05 Å². The summed E-state index contributed by atoms with van der Waals surface area (Å²) in [5.41, 5.74) is 3.19. The molecule has 0 spiro atoms. The fourth-order valence-electron chi connectivity index (χ4n) is 3.55. The predicted molar refractivity (Wildman–Crippen MR) is 84.3 cm³/mol. The molecular weight excluding hydrogens is 260 g/mol. The van der Waals surface area contributed by atoms with Gasteiger partial charge >= 0.3 is 0 Å². The topological polar surface area (TPSA) is 60.7 Å². The highest BCUT2D eigenvalue weighted by Gasteiger charge is 2.22. The standard InChI is InChI=1S/C17H24N4/c1-19-14-6-8-15(9-7-14)20-17-13(11-18)10-12-4-2-3-5-16(12)21-17/h10,14-15,19H,2-9H2,1H3,(H,20,21). The monoisotopic (exact) mass is 284 g/mol. The fourth-order valence-corrected chi connectivity index (χ4v) is 3.55. The molecule has 0 bridgehead atoms. The van der Waals surface area contributed by atoms with Crippen molar-refractivity contribution in [3.8, 4) is 6.07 Å². The van der Waals surface area contributed by atoms with Crippen LogP contribution >= 0.6 is 0 Å². The summed E-state index contributed by atoms with van der Waals surface area (Å²) < 4.78 is 0. The summed E-state index contributed by atoms with van der Waals surface area (Å²) in [7, 11) is 2.04. The van der Waals surface area contributed by atoms with Crippen molar-refractivity contribution in [3.63, 3.8) is 0 Å². The van der Waals surface area contributed by atoms with Crippen LogP contribution in [-0.4, -0.2) is 24.1 Å². The first-order valence-electron chi connectivity index (χ1n) is 8.17. The van der Waals surface area contributed by atoms with Gasteiger partial charge in [-0.1, -0.05) is 0 Å². The van der Waals surface area contributed by atoms with Crippen LogP contribution in [-0.2, 0) is 12.8 Å². The fraction of sp³-hybridized carbons (Fsp3) is 0.647. The Kier molecular flexibility index (Phi) is 4.40. The number of aromatic nitrogens is 1. The maximum atomic E-state index is 9.39. The van der Waals surface area contributed by atoms with Crippen molar-refractivity contribution < 1.29 is 0 Å². The van der Waals surface area contributed by atoms with Gasteiger partial charge in [0.2, 0.25) is 0 Å². The molecule has 0 amide bonds. The quantitative estimate of drug-likeness (QED) is 0.896. The van der Waals surface area contributed by atoms with E-state index >= 15 is 0 Å². The molecule has 3 rings (SSSR count). The molecule has 0 saturated heterocycles. The van der Waals surface area contributed by atoms with Crippen LogP contribution in [0.3, 0.4) is 0 Å². The third-order valence-corrected chi connectivity index (χ3v) is 4.90. The highest BCUT2D eigenvalue weighted by atomic mass is 15.0. The first kappa shape index (κ1) is 14.3. The van der Waals surface area contributed by atoms with E-state index in [0.29, 0.717) is 17.6 Å². The number of hydrogen-bond donors (Lipinski definition) is 2. The van der Waals surface area contributed by atoms with E-state index < -0.39 is 0 Å². The van der Waals surface area contributed by atoms with Crippen LogP contribution in [0.25, 0.3) is 0 Å². The van der Waals surface area contributed by atoms with Crippen molar-refractivity contribution in [1.82, 2.24) is 10.3 Å². The number of aryl methyl sites for hydroxylation is 2. The normalized spacial score (nSPS) is 25.0. The number of nitriles is 1. The smallest absolute Gasteiger partial charge is 0.144 e. The van der Waals surface area contributed by atoms with Crippen LogP contribution in [0.15, 0.2) is 6.07 Å². The summed E-state index contributed by atoms with van der Waals surface area (Å²) in [6.07, 6.45) is 9.26. The maximum absolute atomic E-state index is 9.39. The largest absolute Gasteiger partial charge is 0.366 e. The van der Waals surface area contributed by atoms with Gasteiger partial charge in [0.1, 0.15) is 11.9 Å². The molecule has 1 heterocycles. The van der Waals surface area contributed by atoms with Crippen LogP contribution in [0, 0.1) is 11.3 Å². The molecule has 1 aromatic rings. The van der Waals surface area contributed by atoms with E-state index in [0.717, 1.165) is 31.5 Å². The number of nitrogens with zero attached hydrogens (tertiary/aromatic N) is 2. The zero-order valence-electron chi connectivity index (χ0n) is 12.8. The van der Waals surface area contributed by atoms with Gasteiger partial charge < -0.3 is 10.6 Å². The molecule has 0 aliphatic heterocycles. The lowest BCUT2D eigenvalue weighted by atomic mass is 9.91. The Hall–Kier alpha value is -1.60. The Morgan fingerprint density at radius 3 is 2.57 bits per heavy atom. The van der Waals surface area contributed by atoms with Gasteiger partial charge in [-0.05, 0) is 70.0 Å². The summed E-state index contributed by atoms with van der Waals surface area (Å²) in [6.45, 7) is 0. The summed E-state index contributed by atoms with van der Waals surface area (Å²) in [4.78, 5) is 4.77. The molecule has 112 valence electrons. The van der Waals surface area contributed by atoms with Crippen LogP contribution in [0.4, 0.5) is 5.82 Å². The number of fused-ring (bicyclic) bond motifs is 1. The van der Waals surface area contributed by atoms with Crippen LogP contribution in [0.1, 0.15) is 55.3 Å². The Bertz CT molecular complexity index is 538. The zero-order valence-corrected chi connectivity index (χ0v) is 12.8. The van der Waals surface area contributed by atoms with Gasteiger partial charge in [0, 0.05) is 17.8 Å². The summed E-state index contributed by atoms with van der Waals surface area (Å²) in [6, 6.07) is 5.48. The number of rotatable bonds is 3. The minimum atomic E-state index is 0.454. The van der Waals surface area contributed by atoms with E-state index in [4.69, 9.17) is 4.98 Å². The molecule has 0 radical (unpaired) electrons. The second-order valence-electron chi connectivity index (χ2n) is 6.29. The Morgan fingerprint density at radius 1 is 1.14 bits per heavy atom. The minimum absolute atomic E-state index is 0.454. The average molecular weight is 284 g/mol. The van der Waals surface area contributed by atoms with Gasteiger partial charge in [-0.15, -0.1) is 0 Å². The van der Waals surface area contributed by atoms with E-state index in [1.54, 1.807) is 0 Å². The highest BCUT2D eigenvalue weighted by molar-refractivity contribution is 5.55. The van der Waals surface area contributed by atoms with Crippen LogP contribution < -0.4 is 10.6 Å². The van der Waals surface area contributed by atoms with E-state index in [-0.39, 0.29) is 0 Å². The van der Waals surface area contributed by atoms with Crippen LogP contribution in [0.2, 0.25) is 0 Å². The van der Waals surface area contributed by atoms with Crippen molar-refractivity contribution in [2.75, 3.05) is 12.4 Å². The molecule has 0 unspecified atom stereocenters. The van der Waals surface area contributed by atoms with Crippen molar-refractivity contribution in [2.24, 2.45) is 0 Å². The van der Waals surface area contributed by atoms with Gasteiger partial charge in [-0.2, -0.15) is 5.26 Å². The number of nitrogens with one attached hydrogen (secondary N) is 2. The number of pyridine rings is 1. The third kappa shape index (κ3) is 3.19. The molecular formula is C17H24N4. The lowest BCUT2D eigenvalue weighted by Crippen LogP contribution is -2.35. The Balaban J connectivity index is 1.74. The van der Waals surface area contributed by atoms with Gasteiger partial charge in [0.25, 0.3) is 0 Å². The Morgan fingerprint density at radius 2 is 1.86 bits per heavy atom.